The summed E-state index contributed by atoms with van der Waals surface area (Å²) in [6.45, 7) is 0.578. The smallest absolute Gasteiger partial charge is 0.119 e. The Bertz CT molecular complexity index is 649. The van der Waals surface area contributed by atoms with E-state index in [1.807, 2.05) is 48.7 Å². The second-order valence-corrected chi connectivity index (χ2v) is 4.13. The fraction of sp³-hybridized carbons (Fsp3) is 0.0625. The molecule has 0 saturated heterocycles. The van der Waals surface area contributed by atoms with Gasteiger partial charge in [0.2, 0.25) is 0 Å². The Labute approximate surface area is 106 Å². The maximum atomic E-state index is 5.72. The molecular formula is C16H13NO. The third-order valence-corrected chi connectivity index (χ3v) is 2.82. The first-order valence-electron chi connectivity index (χ1n) is 5.93. The second-order valence-electron chi connectivity index (χ2n) is 4.13. The van der Waals surface area contributed by atoms with Crippen molar-refractivity contribution in [3.63, 3.8) is 0 Å². The molecule has 2 heteroatoms. The van der Waals surface area contributed by atoms with E-state index in [1.165, 1.54) is 0 Å². The van der Waals surface area contributed by atoms with Crippen LogP contribution >= 0.6 is 0 Å². The SMILES string of the molecule is c1ccc(OCc2ccc3ncccc3c2)cc1. The van der Waals surface area contributed by atoms with Crippen LogP contribution in [-0.4, -0.2) is 4.98 Å². The number of rotatable bonds is 3. The molecule has 0 bridgehead atoms. The molecule has 0 unspecified atom stereocenters. The second kappa shape index (κ2) is 4.88. The topological polar surface area (TPSA) is 22.1 Å². The van der Waals surface area contributed by atoms with Crippen molar-refractivity contribution in [1.82, 2.24) is 4.98 Å². The summed E-state index contributed by atoms with van der Waals surface area (Å²) in [4.78, 5) is 4.30. The quantitative estimate of drug-likeness (QED) is 0.688. The highest BCUT2D eigenvalue weighted by Gasteiger charge is 1.98. The van der Waals surface area contributed by atoms with Gasteiger partial charge >= 0.3 is 0 Å². The van der Waals surface area contributed by atoms with Crippen molar-refractivity contribution in [2.24, 2.45) is 0 Å². The minimum Gasteiger partial charge on any atom is -0.489 e. The summed E-state index contributed by atoms with van der Waals surface area (Å²) in [5, 5.41) is 1.15. The maximum Gasteiger partial charge on any atom is 0.119 e. The molecular weight excluding hydrogens is 222 g/mol. The lowest BCUT2D eigenvalue weighted by Gasteiger charge is -2.06. The molecule has 0 aliphatic carbocycles. The van der Waals surface area contributed by atoms with Gasteiger partial charge in [-0.25, -0.2) is 0 Å². The van der Waals surface area contributed by atoms with E-state index in [0.29, 0.717) is 6.61 Å². The molecule has 0 fully saturated rings. The number of para-hydroxylation sites is 1. The summed E-state index contributed by atoms with van der Waals surface area (Å²) in [7, 11) is 0. The molecule has 0 amide bonds. The van der Waals surface area contributed by atoms with E-state index in [4.69, 9.17) is 4.74 Å². The van der Waals surface area contributed by atoms with Gasteiger partial charge in [-0.3, -0.25) is 4.98 Å². The third-order valence-electron chi connectivity index (χ3n) is 2.82. The van der Waals surface area contributed by atoms with Gasteiger partial charge in [-0.2, -0.15) is 0 Å². The molecule has 0 spiro atoms. The van der Waals surface area contributed by atoms with Crippen LogP contribution in [0.3, 0.4) is 0 Å². The molecule has 18 heavy (non-hydrogen) atoms. The highest BCUT2D eigenvalue weighted by atomic mass is 16.5. The normalized spacial score (nSPS) is 10.4. The van der Waals surface area contributed by atoms with E-state index in [9.17, 15) is 0 Å². The molecule has 0 N–H and O–H groups in total. The van der Waals surface area contributed by atoms with Gasteiger partial charge in [0.1, 0.15) is 12.4 Å². The molecule has 1 aromatic heterocycles. The van der Waals surface area contributed by atoms with Crippen LogP contribution in [0.2, 0.25) is 0 Å². The molecule has 1 heterocycles. The lowest BCUT2D eigenvalue weighted by molar-refractivity contribution is 0.306. The Morgan fingerprint density at radius 3 is 2.67 bits per heavy atom. The maximum absolute atomic E-state index is 5.72. The van der Waals surface area contributed by atoms with Gasteiger partial charge in [-0.1, -0.05) is 30.3 Å². The number of ether oxygens (including phenoxy) is 1. The van der Waals surface area contributed by atoms with Gasteiger partial charge < -0.3 is 4.74 Å². The lowest BCUT2D eigenvalue weighted by Crippen LogP contribution is -1.95. The van der Waals surface area contributed by atoms with Gasteiger partial charge in [-0.15, -0.1) is 0 Å². The van der Waals surface area contributed by atoms with E-state index >= 15 is 0 Å². The van der Waals surface area contributed by atoms with Crippen LogP contribution in [0.15, 0.2) is 66.9 Å². The number of hydrogen-bond acceptors (Lipinski definition) is 2. The highest BCUT2D eigenvalue weighted by molar-refractivity contribution is 5.78. The zero-order valence-electron chi connectivity index (χ0n) is 9.91. The number of pyridine rings is 1. The molecule has 3 rings (SSSR count). The van der Waals surface area contributed by atoms with Crippen LogP contribution in [0.25, 0.3) is 10.9 Å². The zero-order valence-corrected chi connectivity index (χ0v) is 9.91. The van der Waals surface area contributed by atoms with Crippen LogP contribution in [0, 0.1) is 0 Å². The number of aromatic nitrogens is 1. The van der Waals surface area contributed by atoms with Crippen LogP contribution < -0.4 is 4.74 Å². The standard InChI is InChI=1S/C16H13NO/c1-2-6-15(7-3-1)18-12-13-8-9-16-14(11-13)5-4-10-17-16/h1-11H,12H2. The van der Waals surface area contributed by atoms with Gasteiger partial charge in [0.15, 0.2) is 0 Å². The van der Waals surface area contributed by atoms with Crippen molar-refractivity contribution in [2.45, 2.75) is 6.61 Å². The Balaban J connectivity index is 1.79. The van der Waals surface area contributed by atoms with Crippen LogP contribution in [0.5, 0.6) is 5.75 Å². The van der Waals surface area contributed by atoms with Crippen LogP contribution in [0.4, 0.5) is 0 Å². The first-order chi connectivity index (χ1) is 8.92. The van der Waals surface area contributed by atoms with Crippen molar-refractivity contribution >= 4 is 10.9 Å². The first-order valence-corrected chi connectivity index (χ1v) is 5.93. The minimum absolute atomic E-state index is 0.578. The summed E-state index contributed by atoms with van der Waals surface area (Å²) in [6, 6.07) is 20.1. The highest BCUT2D eigenvalue weighted by Crippen LogP contribution is 2.16. The summed E-state index contributed by atoms with van der Waals surface area (Å²) >= 11 is 0. The van der Waals surface area contributed by atoms with Crippen molar-refractivity contribution in [3.8, 4) is 5.75 Å². The largest absolute Gasteiger partial charge is 0.489 e. The fourth-order valence-corrected chi connectivity index (χ4v) is 1.90. The average molecular weight is 235 g/mol. The van der Waals surface area contributed by atoms with Gasteiger partial charge in [-0.05, 0) is 35.9 Å². The fourth-order valence-electron chi connectivity index (χ4n) is 1.90. The number of nitrogens with zero attached hydrogens (tertiary/aromatic N) is 1. The Morgan fingerprint density at radius 1 is 0.889 bits per heavy atom. The van der Waals surface area contributed by atoms with Gasteiger partial charge in [0.25, 0.3) is 0 Å². The number of hydrogen-bond donors (Lipinski definition) is 0. The molecule has 0 radical (unpaired) electrons. The Morgan fingerprint density at radius 2 is 1.78 bits per heavy atom. The summed E-state index contributed by atoms with van der Waals surface area (Å²) in [5.41, 5.74) is 2.17. The van der Waals surface area contributed by atoms with Crippen molar-refractivity contribution in [1.29, 1.82) is 0 Å². The number of benzene rings is 2. The molecule has 2 aromatic carbocycles. The van der Waals surface area contributed by atoms with Crippen molar-refractivity contribution in [2.75, 3.05) is 0 Å². The lowest BCUT2D eigenvalue weighted by atomic mass is 10.1. The van der Waals surface area contributed by atoms with E-state index in [0.717, 1.165) is 22.2 Å². The van der Waals surface area contributed by atoms with Crippen LogP contribution in [-0.2, 0) is 6.61 Å². The average Bonchev–Trinajstić information content (AvgIpc) is 2.46. The summed E-state index contributed by atoms with van der Waals surface area (Å²) < 4.78 is 5.72. The first kappa shape index (κ1) is 10.8. The molecule has 88 valence electrons. The van der Waals surface area contributed by atoms with Crippen molar-refractivity contribution in [3.05, 3.63) is 72.4 Å². The van der Waals surface area contributed by atoms with Crippen LogP contribution in [0.1, 0.15) is 5.56 Å². The summed E-state index contributed by atoms with van der Waals surface area (Å²) in [5.74, 6) is 0.892. The van der Waals surface area contributed by atoms with E-state index in [2.05, 4.69) is 23.2 Å². The van der Waals surface area contributed by atoms with Gasteiger partial charge in [0.05, 0.1) is 5.52 Å². The molecule has 3 aromatic rings. The predicted octanol–water partition coefficient (Wildman–Crippen LogP) is 3.81. The zero-order chi connectivity index (χ0) is 12.2. The molecule has 0 saturated carbocycles. The predicted molar refractivity (Wildman–Crippen MR) is 72.5 cm³/mol. The van der Waals surface area contributed by atoms with Crippen molar-refractivity contribution < 1.29 is 4.74 Å². The minimum atomic E-state index is 0.578. The summed E-state index contributed by atoms with van der Waals surface area (Å²) in [6.07, 6.45) is 1.81. The van der Waals surface area contributed by atoms with E-state index in [-0.39, 0.29) is 0 Å². The van der Waals surface area contributed by atoms with Gasteiger partial charge in [0, 0.05) is 11.6 Å². The van der Waals surface area contributed by atoms with E-state index < -0.39 is 0 Å². The van der Waals surface area contributed by atoms with E-state index in [1.54, 1.807) is 0 Å². The molecule has 0 atom stereocenters. The Kier molecular flexibility index (Phi) is 2.92. The molecule has 0 aliphatic heterocycles. The third kappa shape index (κ3) is 2.33. The number of fused-ring (bicyclic) bond motifs is 1. The molecule has 0 aliphatic rings. The molecule has 2 nitrogen and oxygen atoms in total. The Hall–Kier alpha value is -2.35. The monoisotopic (exact) mass is 235 g/mol.